The third-order valence-electron chi connectivity index (χ3n) is 3.24. The van der Waals surface area contributed by atoms with Crippen LogP contribution in [0, 0.1) is 16.7 Å². The van der Waals surface area contributed by atoms with E-state index in [0.29, 0.717) is 6.42 Å². The van der Waals surface area contributed by atoms with Gasteiger partial charge >= 0.3 is 5.97 Å². The van der Waals surface area contributed by atoms with Gasteiger partial charge in [-0.3, -0.25) is 4.79 Å². The van der Waals surface area contributed by atoms with Gasteiger partial charge in [-0.2, -0.15) is 5.26 Å². The highest BCUT2D eigenvalue weighted by Gasteiger charge is 2.36. The molecule has 1 saturated heterocycles. The summed E-state index contributed by atoms with van der Waals surface area (Å²) in [5, 5.41) is 17.4. The zero-order chi connectivity index (χ0) is 11.3. The van der Waals surface area contributed by atoms with E-state index in [2.05, 4.69) is 11.0 Å². The van der Waals surface area contributed by atoms with E-state index in [9.17, 15) is 4.79 Å². The van der Waals surface area contributed by atoms with Crippen LogP contribution in [-0.4, -0.2) is 35.6 Å². The molecule has 1 heterocycles. The van der Waals surface area contributed by atoms with Crippen LogP contribution in [0.3, 0.4) is 0 Å². The highest BCUT2D eigenvalue weighted by molar-refractivity contribution is 5.74. The maximum absolute atomic E-state index is 11.0. The molecule has 1 aliphatic rings. The molecule has 84 valence electrons. The first-order valence-electron chi connectivity index (χ1n) is 5.41. The van der Waals surface area contributed by atoms with Crippen LogP contribution in [0.15, 0.2) is 0 Å². The molecule has 1 aliphatic heterocycles. The lowest BCUT2D eigenvalue weighted by Crippen LogP contribution is -2.42. The van der Waals surface area contributed by atoms with Gasteiger partial charge in [0.2, 0.25) is 0 Å². The van der Waals surface area contributed by atoms with E-state index < -0.39 is 11.4 Å². The second-order valence-electron chi connectivity index (χ2n) is 4.47. The third kappa shape index (κ3) is 3.21. The number of carboxylic acids is 1. The molecule has 0 atom stereocenters. The highest BCUT2D eigenvalue weighted by Crippen LogP contribution is 2.30. The molecule has 1 fully saturated rings. The maximum atomic E-state index is 11.0. The number of hydrogen-bond donors (Lipinski definition) is 1. The molecule has 0 amide bonds. The molecule has 0 aromatic carbocycles. The summed E-state index contributed by atoms with van der Waals surface area (Å²) < 4.78 is 0. The fourth-order valence-electron chi connectivity index (χ4n) is 1.87. The second kappa shape index (κ2) is 5.13. The number of carboxylic acid groups (broad SMARTS) is 1. The van der Waals surface area contributed by atoms with Crippen LogP contribution in [0.25, 0.3) is 0 Å². The van der Waals surface area contributed by atoms with Gasteiger partial charge < -0.3 is 10.0 Å². The van der Waals surface area contributed by atoms with Crippen LogP contribution in [0.4, 0.5) is 0 Å². The minimum absolute atomic E-state index is 0.536. The van der Waals surface area contributed by atoms with Crippen molar-refractivity contribution < 1.29 is 9.90 Å². The van der Waals surface area contributed by atoms with Crippen molar-refractivity contribution in [3.8, 4) is 6.07 Å². The lowest BCUT2D eigenvalue weighted by atomic mass is 9.80. The van der Waals surface area contributed by atoms with E-state index in [1.807, 2.05) is 6.92 Å². The average Bonchev–Trinajstić information content (AvgIpc) is 2.21. The first kappa shape index (κ1) is 12.0. The Kier molecular flexibility index (Phi) is 4.10. The topological polar surface area (TPSA) is 64.3 Å². The third-order valence-corrected chi connectivity index (χ3v) is 3.24. The van der Waals surface area contributed by atoms with Crippen molar-refractivity contribution in [3.63, 3.8) is 0 Å². The van der Waals surface area contributed by atoms with Crippen molar-refractivity contribution >= 4 is 5.97 Å². The summed E-state index contributed by atoms with van der Waals surface area (Å²) in [5.74, 6) is -0.681. The quantitative estimate of drug-likeness (QED) is 0.714. The Morgan fingerprint density at radius 1 is 1.53 bits per heavy atom. The zero-order valence-corrected chi connectivity index (χ0v) is 9.20. The van der Waals surface area contributed by atoms with Crippen molar-refractivity contribution in [2.45, 2.75) is 32.6 Å². The predicted octanol–water partition coefficient (Wildman–Crippen LogP) is 1.48. The molecule has 0 aromatic rings. The van der Waals surface area contributed by atoms with E-state index >= 15 is 0 Å². The maximum Gasteiger partial charge on any atom is 0.309 e. The van der Waals surface area contributed by atoms with Gasteiger partial charge in [0.05, 0.1) is 11.5 Å². The van der Waals surface area contributed by atoms with Crippen LogP contribution in [0.1, 0.15) is 32.6 Å². The van der Waals surface area contributed by atoms with E-state index in [1.165, 1.54) is 0 Å². The number of likely N-dealkylation sites (tertiary alicyclic amines) is 1. The number of aliphatic carboxylic acids is 1. The van der Waals surface area contributed by atoms with Gasteiger partial charge in [-0.25, -0.2) is 0 Å². The monoisotopic (exact) mass is 210 g/mol. The smallest absolute Gasteiger partial charge is 0.309 e. The minimum atomic E-state index is -0.681. The first-order valence-corrected chi connectivity index (χ1v) is 5.41. The Balaban J connectivity index is 2.30. The molecular formula is C11H18N2O2. The molecule has 4 nitrogen and oxygen atoms in total. The van der Waals surface area contributed by atoms with Crippen molar-refractivity contribution in [1.29, 1.82) is 5.26 Å². The molecule has 0 radical (unpaired) electrons. The summed E-state index contributed by atoms with van der Waals surface area (Å²) in [4.78, 5) is 13.2. The Labute approximate surface area is 90.5 Å². The van der Waals surface area contributed by atoms with Crippen molar-refractivity contribution in [2.24, 2.45) is 5.41 Å². The Morgan fingerprint density at radius 2 is 2.13 bits per heavy atom. The standard InChI is InChI=1S/C11H18N2O2/c1-11(10(14)15)4-8-13(9-5-11)7-3-2-6-12/h2-5,7-9H2,1H3,(H,14,15). The SMILES string of the molecule is CC1(C(=O)O)CCN(CCCC#N)CC1. The molecule has 0 saturated carbocycles. The number of carbonyl (C=O) groups is 1. The van der Waals surface area contributed by atoms with Gasteiger partial charge in [-0.1, -0.05) is 0 Å². The highest BCUT2D eigenvalue weighted by atomic mass is 16.4. The summed E-state index contributed by atoms with van der Waals surface area (Å²) in [6.07, 6.45) is 2.91. The number of nitriles is 1. The number of unbranched alkanes of at least 4 members (excludes halogenated alkanes) is 1. The molecule has 0 spiro atoms. The molecule has 4 heteroatoms. The van der Waals surface area contributed by atoms with Crippen LogP contribution < -0.4 is 0 Å². The number of nitrogens with zero attached hydrogens (tertiary/aromatic N) is 2. The second-order valence-corrected chi connectivity index (χ2v) is 4.47. The predicted molar refractivity (Wildman–Crippen MR) is 56.3 cm³/mol. The summed E-state index contributed by atoms with van der Waals surface area (Å²) in [6, 6.07) is 2.12. The summed E-state index contributed by atoms with van der Waals surface area (Å²) >= 11 is 0. The van der Waals surface area contributed by atoms with E-state index in [1.54, 1.807) is 0 Å². The van der Waals surface area contributed by atoms with E-state index in [-0.39, 0.29) is 0 Å². The van der Waals surface area contributed by atoms with Crippen LogP contribution >= 0.6 is 0 Å². The lowest BCUT2D eigenvalue weighted by molar-refractivity contribution is -0.150. The van der Waals surface area contributed by atoms with Gasteiger partial charge in [0.15, 0.2) is 0 Å². The normalized spacial score (nSPS) is 20.8. The van der Waals surface area contributed by atoms with Gasteiger partial charge in [-0.05, 0) is 45.8 Å². The largest absolute Gasteiger partial charge is 0.481 e. The Morgan fingerprint density at radius 3 is 2.60 bits per heavy atom. The first-order chi connectivity index (χ1) is 7.08. The lowest BCUT2D eigenvalue weighted by Gasteiger charge is -2.36. The Hall–Kier alpha value is -1.08. The minimum Gasteiger partial charge on any atom is -0.481 e. The van der Waals surface area contributed by atoms with Crippen molar-refractivity contribution in [3.05, 3.63) is 0 Å². The molecule has 0 unspecified atom stereocenters. The van der Waals surface area contributed by atoms with Gasteiger partial charge in [0, 0.05) is 6.42 Å². The van der Waals surface area contributed by atoms with E-state index in [4.69, 9.17) is 10.4 Å². The fraction of sp³-hybridized carbons (Fsp3) is 0.818. The summed E-state index contributed by atoms with van der Waals surface area (Å²) in [7, 11) is 0. The summed E-state index contributed by atoms with van der Waals surface area (Å²) in [5.41, 5.74) is -0.536. The fourth-order valence-corrected chi connectivity index (χ4v) is 1.87. The van der Waals surface area contributed by atoms with Crippen molar-refractivity contribution in [2.75, 3.05) is 19.6 Å². The van der Waals surface area contributed by atoms with Crippen LogP contribution in [0.5, 0.6) is 0 Å². The molecule has 0 aromatic heterocycles. The van der Waals surface area contributed by atoms with Crippen molar-refractivity contribution in [1.82, 2.24) is 4.90 Å². The molecule has 1 rings (SSSR count). The van der Waals surface area contributed by atoms with Gasteiger partial charge in [-0.15, -0.1) is 0 Å². The molecule has 15 heavy (non-hydrogen) atoms. The Bertz CT molecular complexity index is 262. The zero-order valence-electron chi connectivity index (χ0n) is 9.20. The number of hydrogen-bond acceptors (Lipinski definition) is 3. The van der Waals surface area contributed by atoms with Gasteiger partial charge in [0.1, 0.15) is 0 Å². The average molecular weight is 210 g/mol. The number of piperidine rings is 1. The summed E-state index contributed by atoms with van der Waals surface area (Å²) in [6.45, 7) is 4.42. The van der Waals surface area contributed by atoms with Gasteiger partial charge in [0.25, 0.3) is 0 Å². The van der Waals surface area contributed by atoms with Crippen LogP contribution in [-0.2, 0) is 4.79 Å². The van der Waals surface area contributed by atoms with E-state index in [0.717, 1.165) is 38.9 Å². The number of rotatable bonds is 4. The van der Waals surface area contributed by atoms with Crippen LogP contribution in [0.2, 0.25) is 0 Å². The molecule has 1 N–H and O–H groups in total. The molecular weight excluding hydrogens is 192 g/mol. The molecule has 0 bridgehead atoms. The molecule has 0 aliphatic carbocycles.